The molecule has 1 rings (SSSR count). The molecule has 2 unspecified atom stereocenters. The first-order valence-electron chi connectivity index (χ1n) is 5.50. The molecule has 0 bridgehead atoms. The van der Waals surface area contributed by atoms with Crippen molar-refractivity contribution < 1.29 is 9.84 Å². The Kier molecular flexibility index (Phi) is 5.86. The van der Waals surface area contributed by atoms with Crippen LogP contribution in [0.15, 0.2) is 12.7 Å². The van der Waals surface area contributed by atoms with Gasteiger partial charge in [0.25, 0.3) is 0 Å². The second-order valence-corrected chi connectivity index (χ2v) is 3.97. The molecule has 2 atom stereocenters. The molecule has 15 heavy (non-hydrogen) atoms. The summed E-state index contributed by atoms with van der Waals surface area (Å²) < 4.78 is 5.29. The number of ether oxygens (including phenoxy) is 1. The molecule has 2 N–H and O–H groups in total. The van der Waals surface area contributed by atoms with Crippen molar-refractivity contribution in [1.29, 1.82) is 0 Å². The molecule has 1 heterocycles. The van der Waals surface area contributed by atoms with E-state index in [0.29, 0.717) is 18.7 Å². The molecule has 0 radical (unpaired) electrons. The molecule has 0 aromatic heterocycles. The summed E-state index contributed by atoms with van der Waals surface area (Å²) in [5, 5.41) is 12.3. The number of hydrogen-bond acceptors (Lipinski definition) is 4. The van der Waals surface area contributed by atoms with Crippen LogP contribution < -0.4 is 5.32 Å². The van der Waals surface area contributed by atoms with Crippen LogP contribution in [0.1, 0.15) is 6.42 Å². The van der Waals surface area contributed by atoms with Gasteiger partial charge >= 0.3 is 0 Å². The van der Waals surface area contributed by atoms with Gasteiger partial charge < -0.3 is 15.2 Å². The Bertz CT molecular complexity index is 187. The van der Waals surface area contributed by atoms with E-state index in [-0.39, 0.29) is 6.61 Å². The van der Waals surface area contributed by atoms with Gasteiger partial charge in [0.1, 0.15) is 0 Å². The molecule has 0 aliphatic carbocycles. The van der Waals surface area contributed by atoms with Gasteiger partial charge in [0.15, 0.2) is 0 Å². The lowest BCUT2D eigenvalue weighted by atomic mass is 10.2. The highest BCUT2D eigenvalue weighted by Crippen LogP contribution is 2.10. The number of nitrogens with zero attached hydrogens (tertiary/aromatic N) is 1. The Morgan fingerprint density at radius 3 is 3.00 bits per heavy atom. The Labute approximate surface area is 91.9 Å². The maximum atomic E-state index is 8.91. The monoisotopic (exact) mass is 214 g/mol. The first-order valence-corrected chi connectivity index (χ1v) is 5.50. The lowest BCUT2D eigenvalue weighted by molar-refractivity contribution is 0.115. The summed E-state index contributed by atoms with van der Waals surface area (Å²) in [6, 6.07) is 0.474. The van der Waals surface area contributed by atoms with Crippen molar-refractivity contribution >= 4 is 0 Å². The van der Waals surface area contributed by atoms with Gasteiger partial charge in [-0.15, -0.1) is 6.58 Å². The number of aliphatic hydroxyl groups is 1. The lowest BCUT2D eigenvalue weighted by Gasteiger charge is -2.23. The number of rotatable bonds is 7. The average Bonchev–Trinajstić information content (AvgIpc) is 2.66. The van der Waals surface area contributed by atoms with Crippen molar-refractivity contribution in [3.8, 4) is 0 Å². The zero-order valence-electron chi connectivity index (χ0n) is 9.48. The van der Waals surface area contributed by atoms with E-state index in [4.69, 9.17) is 9.84 Å². The highest BCUT2D eigenvalue weighted by molar-refractivity contribution is 4.86. The van der Waals surface area contributed by atoms with Crippen molar-refractivity contribution in [2.45, 2.75) is 18.6 Å². The molecule has 1 saturated heterocycles. The zero-order valence-corrected chi connectivity index (χ0v) is 9.48. The summed E-state index contributed by atoms with van der Waals surface area (Å²) in [5.74, 6) is 0. The topological polar surface area (TPSA) is 44.7 Å². The molecule has 1 aliphatic rings. The minimum absolute atomic E-state index is 0.203. The van der Waals surface area contributed by atoms with Crippen molar-refractivity contribution in [1.82, 2.24) is 10.2 Å². The van der Waals surface area contributed by atoms with Crippen LogP contribution in [0.3, 0.4) is 0 Å². The third kappa shape index (κ3) is 4.30. The summed E-state index contributed by atoms with van der Waals surface area (Å²) in [4.78, 5) is 2.20. The van der Waals surface area contributed by atoms with Crippen LogP contribution in [0.5, 0.6) is 0 Å². The zero-order chi connectivity index (χ0) is 11.1. The lowest BCUT2D eigenvalue weighted by Crippen LogP contribution is -2.39. The van der Waals surface area contributed by atoms with Crippen LogP contribution in [-0.2, 0) is 4.74 Å². The van der Waals surface area contributed by atoms with Gasteiger partial charge in [-0.25, -0.2) is 0 Å². The van der Waals surface area contributed by atoms with E-state index >= 15 is 0 Å². The Morgan fingerprint density at radius 1 is 1.67 bits per heavy atom. The summed E-state index contributed by atoms with van der Waals surface area (Å²) in [6.07, 6.45) is 3.27. The second kappa shape index (κ2) is 6.95. The Hall–Kier alpha value is -0.420. The Balaban J connectivity index is 2.28. The second-order valence-electron chi connectivity index (χ2n) is 3.97. The Morgan fingerprint density at radius 2 is 2.47 bits per heavy atom. The number of methoxy groups -OCH3 is 1. The number of aliphatic hydroxyl groups excluding tert-OH is 1. The van der Waals surface area contributed by atoms with Crippen LogP contribution in [0.4, 0.5) is 0 Å². The maximum absolute atomic E-state index is 8.91. The molecule has 0 spiro atoms. The van der Waals surface area contributed by atoms with Gasteiger partial charge in [0, 0.05) is 39.3 Å². The minimum Gasteiger partial charge on any atom is -0.395 e. The normalized spacial score (nSPS) is 26.1. The van der Waals surface area contributed by atoms with Crippen LogP contribution in [0, 0.1) is 0 Å². The quantitative estimate of drug-likeness (QED) is 0.578. The predicted octanol–water partition coefficient (Wildman–Crippen LogP) is -0.156. The summed E-state index contributed by atoms with van der Waals surface area (Å²) in [7, 11) is 1.75. The molecule has 4 heteroatoms. The van der Waals surface area contributed by atoms with Gasteiger partial charge in [-0.3, -0.25) is 4.90 Å². The minimum atomic E-state index is 0.203. The van der Waals surface area contributed by atoms with E-state index in [2.05, 4.69) is 16.8 Å². The SMILES string of the molecule is C=CCN(CCO)CC1CC(OC)CN1. The molecule has 1 fully saturated rings. The molecular formula is C11H22N2O2. The highest BCUT2D eigenvalue weighted by Gasteiger charge is 2.24. The fraction of sp³-hybridized carbons (Fsp3) is 0.818. The third-order valence-corrected chi connectivity index (χ3v) is 2.80. The third-order valence-electron chi connectivity index (χ3n) is 2.80. The largest absolute Gasteiger partial charge is 0.395 e. The number of hydrogen-bond donors (Lipinski definition) is 2. The van der Waals surface area contributed by atoms with Crippen molar-refractivity contribution in [2.24, 2.45) is 0 Å². The van der Waals surface area contributed by atoms with Gasteiger partial charge in [-0.2, -0.15) is 0 Å². The van der Waals surface area contributed by atoms with Crippen LogP contribution >= 0.6 is 0 Å². The van der Waals surface area contributed by atoms with Gasteiger partial charge in [0.05, 0.1) is 12.7 Å². The molecule has 0 aromatic rings. The maximum Gasteiger partial charge on any atom is 0.0711 e. The van der Waals surface area contributed by atoms with E-state index in [1.807, 2.05) is 6.08 Å². The predicted molar refractivity (Wildman–Crippen MR) is 60.9 cm³/mol. The molecule has 0 saturated carbocycles. The fourth-order valence-corrected chi connectivity index (χ4v) is 1.99. The molecule has 4 nitrogen and oxygen atoms in total. The standard InChI is InChI=1S/C11H22N2O2/c1-3-4-13(5-6-14)9-10-7-11(15-2)8-12-10/h3,10-12,14H,1,4-9H2,2H3. The van der Waals surface area contributed by atoms with Crippen molar-refractivity contribution in [3.63, 3.8) is 0 Å². The van der Waals surface area contributed by atoms with E-state index in [1.165, 1.54) is 0 Å². The molecule has 88 valence electrons. The van der Waals surface area contributed by atoms with E-state index < -0.39 is 0 Å². The van der Waals surface area contributed by atoms with Gasteiger partial charge in [-0.1, -0.05) is 6.08 Å². The van der Waals surface area contributed by atoms with Crippen molar-refractivity contribution in [3.05, 3.63) is 12.7 Å². The van der Waals surface area contributed by atoms with Gasteiger partial charge in [-0.05, 0) is 6.42 Å². The number of nitrogens with one attached hydrogen (secondary N) is 1. The smallest absolute Gasteiger partial charge is 0.0711 e. The molecule has 1 aliphatic heterocycles. The highest BCUT2D eigenvalue weighted by atomic mass is 16.5. The molecule has 0 aromatic carbocycles. The summed E-state index contributed by atoms with van der Waals surface area (Å²) in [5.41, 5.74) is 0. The van der Waals surface area contributed by atoms with E-state index in [1.54, 1.807) is 7.11 Å². The first kappa shape index (κ1) is 12.6. The average molecular weight is 214 g/mol. The van der Waals surface area contributed by atoms with Crippen molar-refractivity contribution in [2.75, 3.05) is 39.9 Å². The van der Waals surface area contributed by atoms with Crippen LogP contribution in [0.25, 0.3) is 0 Å². The van der Waals surface area contributed by atoms with Gasteiger partial charge in [0.2, 0.25) is 0 Å². The van der Waals surface area contributed by atoms with Crippen LogP contribution in [0.2, 0.25) is 0 Å². The summed E-state index contributed by atoms with van der Waals surface area (Å²) in [6.45, 7) is 7.35. The fourth-order valence-electron chi connectivity index (χ4n) is 1.99. The molecule has 0 amide bonds. The van der Waals surface area contributed by atoms with E-state index in [9.17, 15) is 0 Å². The summed E-state index contributed by atoms with van der Waals surface area (Å²) >= 11 is 0. The molecular weight excluding hydrogens is 192 g/mol. The van der Waals surface area contributed by atoms with Crippen LogP contribution in [-0.4, -0.2) is 62.0 Å². The first-order chi connectivity index (χ1) is 7.30. The van der Waals surface area contributed by atoms with E-state index in [0.717, 1.165) is 26.1 Å².